The highest BCUT2D eigenvalue weighted by atomic mass is 32.1. The summed E-state index contributed by atoms with van der Waals surface area (Å²) in [7, 11) is 1.65. The van der Waals surface area contributed by atoms with Crippen LogP contribution in [0.1, 0.15) is 15.4 Å². The van der Waals surface area contributed by atoms with Crippen molar-refractivity contribution in [3.05, 3.63) is 10.6 Å². The summed E-state index contributed by atoms with van der Waals surface area (Å²) in [4.78, 5) is 12.5. The smallest absolute Gasteiger partial charge is 0.265 e. The summed E-state index contributed by atoms with van der Waals surface area (Å²) in [6.07, 6.45) is 0.0325. The first kappa shape index (κ1) is 11.4. The summed E-state index contributed by atoms with van der Waals surface area (Å²) in [5.41, 5.74) is 0.669. The fourth-order valence-corrected chi connectivity index (χ4v) is 2.28. The van der Waals surface area contributed by atoms with Gasteiger partial charge in [-0.15, -0.1) is 5.10 Å². The molecule has 1 saturated heterocycles. The summed E-state index contributed by atoms with van der Waals surface area (Å²) >= 11 is 1.12. The third-order valence-corrected chi connectivity index (χ3v) is 3.46. The summed E-state index contributed by atoms with van der Waals surface area (Å²) in [5.74, 6) is -0.122. The number of rotatable bonds is 3. The van der Waals surface area contributed by atoms with E-state index in [4.69, 9.17) is 4.74 Å². The molecule has 1 fully saturated rings. The lowest BCUT2D eigenvalue weighted by atomic mass is 10.2. The molecular formula is C9H14N4O2S. The minimum atomic E-state index is -0.122. The van der Waals surface area contributed by atoms with Crippen LogP contribution < -0.4 is 10.6 Å². The molecule has 2 rings (SSSR count). The predicted octanol–water partition coefficient (Wildman–Crippen LogP) is -0.437. The second-order valence-electron chi connectivity index (χ2n) is 3.70. The molecule has 7 heteroatoms. The molecule has 1 unspecified atom stereocenters. The van der Waals surface area contributed by atoms with Gasteiger partial charge in [0.25, 0.3) is 5.91 Å². The Morgan fingerprint density at radius 3 is 3.06 bits per heavy atom. The third kappa shape index (κ3) is 2.21. The number of methoxy groups -OCH3 is 1. The van der Waals surface area contributed by atoms with E-state index in [2.05, 4.69) is 20.2 Å². The van der Waals surface area contributed by atoms with Gasteiger partial charge < -0.3 is 15.4 Å². The quantitative estimate of drug-likeness (QED) is 0.751. The first-order valence-electron chi connectivity index (χ1n) is 5.05. The van der Waals surface area contributed by atoms with E-state index >= 15 is 0 Å². The molecule has 0 bridgehead atoms. The lowest BCUT2D eigenvalue weighted by Gasteiger charge is -2.17. The number of carbonyl (C=O) groups excluding carboxylic acids is 1. The van der Waals surface area contributed by atoms with E-state index in [0.29, 0.717) is 10.6 Å². The van der Waals surface area contributed by atoms with Crippen molar-refractivity contribution in [2.24, 2.45) is 0 Å². The van der Waals surface area contributed by atoms with Crippen molar-refractivity contribution in [3.63, 3.8) is 0 Å². The molecule has 2 atom stereocenters. The number of amides is 1. The van der Waals surface area contributed by atoms with Crippen molar-refractivity contribution in [2.45, 2.75) is 19.1 Å². The highest BCUT2D eigenvalue weighted by molar-refractivity contribution is 7.08. The first-order chi connectivity index (χ1) is 7.72. The van der Waals surface area contributed by atoms with Gasteiger partial charge in [-0.2, -0.15) is 0 Å². The Morgan fingerprint density at radius 1 is 1.62 bits per heavy atom. The number of hydrogen-bond donors (Lipinski definition) is 2. The lowest BCUT2D eigenvalue weighted by Crippen LogP contribution is -2.43. The average molecular weight is 242 g/mol. The summed E-state index contributed by atoms with van der Waals surface area (Å²) in [6.45, 7) is 3.27. The Labute approximate surface area is 97.5 Å². The third-order valence-electron chi connectivity index (χ3n) is 2.64. The Kier molecular flexibility index (Phi) is 3.47. The normalized spacial score (nSPS) is 24.6. The molecule has 0 spiro atoms. The summed E-state index contributed by atoms with van der Waals surface area (Å²) in [6, 6.07) is 0.0130. The van der Waals surface area contributed by atoms with Crippen molar-refractivity contribution >= 4 is 17.4 Å². The zero-order valence-corrected chi connectivity index (χ0v) is 10.0. The largest absolute Gasteiger partial charge is 0.378 e. The maximum absolute atomic E-state index is 11.9. The lowest BCUT2D eigenvalue weighted by molar-refractivity contribution is 0.0782. The molecule has 1 aromatic heterocycles. The number of hydrogen-bond acceptors (Lipinski definition) is 6. The van der Waals surface area contributed by atoms with Gasteiger partial charge in [0.05, 0.1) is 17.8 Å². The standard InChI is InChI=1S/C9H14N4O2S/c1-5-8(16-13-12-5)9(14)11-6-3-10-4-7(6)15-2/h6-7,10H,3-4H2,1-2H3,(H,11,14)/t6?,7-/m0/s1. The van der Waals surface area contributed by atoms with Crippen molar-refractivity contribution in [1.29, 1.82) is 0 Å². The van der Waals surface area contributed by atoms with E-state index in [0.717, 1.165) is 24.6 Å². The van der Waals surface area contributed by atoms with Crippen molar-refractivity contribution in [3.8, 4) is 0 Å². The zero-order valence-electron chi connectivity index (χ0n) is 9.19. The van der Waals surface area contributed by atoms with Crippen LogP contribution in [-0.4, -0.2) is 47.8 Å². The van der Waals surface area contributed by atoms with E-state index in [1.54, 1.807) is 14.0 Å². The van der Waals surface area contributed by atoms with Crippen LogP contribution in [0.4, 0.5) is 0 Å². The molecule has 0 aliphatic carbocycles. The van der Waals surface area contributed by atoms with Gasteiger partial charge in [0.1, 0.15) is 4.88 Å². The van der Waals surface area contributed by atoms with Gasteiger partial charge in [-0.1, -0.05) is 4.49 Å². The molecule has 6 nitrogen and oxygen atoms in total. The topological polar surface area (TPSA) is 76.1 Å². The fraction of sp³-hybridized carbons (Fsp3) is 0.667. The number of carbonyl (C=O) groups is 1. The number of nitrogens with zero attached hydrogens (tertiary/aromatic N) is 2. The van der Waals surface area contributed by atoms with Crippen LogP contribution in [0.3, 0.4) is 0 Å². The van der Waals surface area contributed by atoms with Crippen LogP contribution in [0.15, 0.2) is 0 Å². The van der Waals surface area contributed by atoms with Crippen LogP contribution in [0, 0.1) is 6.92 Å². The number of ether oxygens (including phenoxy) is 1. The van der Waals surface area contributed by atoms with E-state index in [1.807, 2.05) is 0 Å². The summed E-state index contributed by atoms with van der Waals surface area (Å²) in [5, 5.41) is 9.91. The molecule has 2 heterocycles. The van der Waals surface area contributed by atoms with Crippen LogP contribution in [0.25, 0.3) is 0 Å². The fourth-order valence-electron chi connectivity index (χ4n) is 1.72. The highest BCUT2D eigenvalue weighted by Crippen LogP contribution is 2.11. The van der Waals surface area contributed by atoms with E-state index in [-0.39, 0.29) is 18.1 Å². The van der Waals surface area contributed by atoms with Gasteiger partial charge in [-0.25, -0.2) is 0 Å². The Morgan fingerprint density at radius 2 is 2.44 bits per heavy atom. The molecule has 1 amide bonds. The molecule has 0 saturated carbocycles. The first-order valence-corrected chi connectivity index (χ1v) is 5.83. The molecular weight excluding hydrogens is 228 g/mol. The second-order valence-corrected chi connectivity index (χ2v) is 4.45. The van der Waals surface area contributed by atoms with Gasteiger partial charge in [0, 0.05) is 20.2 Å². The zero-order chi connectivity index (χ0) is 11.5. The molecule has 1 aromatic rings. The van der Waals surface area contributed by atoms with E-state index < -0.39 is 0 Å². The molecule has 0 aromatic carbocycles. The molecule has 1 aliphatic heterocycles. The van der Waals surface area contributed by atoms with Crippen LogP contribution in [0.2, 0.25) is 0 Å². The Bertz CT molecular complexity index is 381. The SMILES string of the molecule is CO[C@H]1CNCC1NC(=O)c1snnc1C. The molecule has 1 aliphatic rings. The van der Waals surface area contributed by atoms with Gasteiger partial charge in [0.15, 0.2) is 0 Å². The monoisotopic (exact) mass is 242 g/mol. The molecule has 88 valence electrons. The molecule has 0 radical (unpaired) electrons. The number of nitrogens with one attached hydrogen (secondary N) is 2. The molecule has 2 N–H and O–H groups in total. The average Bonchev–Trinajstić information content (AvgIpc) is 2.86. The predicted molar refractivity (Wildman–Crippen MR) is 59.6 cm³/mol. The minimum absolute atomic E-state index is 0.0130. The van der Waals surface area contributed by atoms with Gasteiger partial charge >= 0.3 is 0 Å². The number of aryl methyl sites for hydroxylation is 1. The van der Waals surface area contributed by atoms with Crippen molar-refractivity contribution in [2.75, 3.05) is 20.2 Å². The van der Waals surface area contributed by atoms with E-state index in [9.17, 15) is 4.79 Å². The van der Waals surface area contributed by atoms with Gasteiger partial charge in [-0.3, -0.25) is 4.79 Å². The Hall–Kier alpha value is -1.05. The maximum atomic E-state index is 11.9. The minimum Gasteiger partial charge on any atom is -0.378 e. The van der Waals surface area contributed by atoms with Crippen LogP contribution in [0.5, 0.6) is 0 Å². The van der Waals surface area contributed by atoms with Crippen molar-refractivity contribution < 1.29 is 9.53 Å². The van der Waals surface area contributed by atoms with Crippen LogP contribution >= 0.6 is 11.5 Å². The van der Waals surface area contributed by atoms with Gasteiger partial charge in [-0.05, 0) is 18.5 Å². The number of aromatic nitrogens is 2. The van der Waals surface area contributed by atoms with E-state index in [1.165, 1.54) is 0 Å². The Balaban J connectivity index is 2.00. The van der Waals surface area contributed by atoms with Crippen molar-refractivity contribution in [1.82, 2.24) is 20.2 Å². The van der Waals surface area contributed by atoms with Crippen LogP contribution in [-0.2, 0) is 4.74 Å². The molecule has 16 heavy (non-hydrogen) atoms. The maximum Gasteiger partial charge on any atom is 0.265 e. The highest BCUT2D eigenvalue weighted by Gasteiger charge is 2.29. The van der Waals surface area contributed by atoms with Gasteiger partial charge in [0.2, 0.25) is 0 Å². The summed E-state index contributed by atoms with van der Waals surface area (Å²) < 4.78 is 9.01. The second kappa shape index (κ2) is 4.86.